The minimum atomic E-state index is -1.30. The highest BCUT2D eigenvalue weighted by Crippen LogP contribution is 2.38. The number of ether oxygens (including phenoxy) is 2. The number of rotatable bonds is 6. The van der Waals surface area contributed by atoms with Crippen LogP contribution in [0.15, 0.2) is 41.8 Å². The number of aryl methyl sites for hydroxylation is 1. The van der Waals surface area contributed by atoms with Crippen molar-refractivity contribution in [2.75, 3.05) is 13.3 Å². The molecule has 3 amide bonds. The standard InChI is InChI=1S/C24H23N3O5S/c1-14-9-18(15(2)26(14)11-17-5-4-8-33-17)19(28)12-27-22(29)24(3,25-23(27)30)16-6-7-20-21(10-16)32-13-31-20/h4-10H,11-13H2,1-3H3,(H,25,30)/t24-/m1/s1. The van der Waals surface area contributed by atoms with Crippen LogP contribution in [0, 0.1) is 13.8 Å². The molecule has 0 radical (unpaired) electrons. The molecule has 1 N–H and O–H groups in total. The summed E-state index contributed by atoms with van der Waals surface area (Å²) in [6, 6.07) is 10.4. The topological polar surface area (TPSA) is 89.9 Å². The number of nitrogens with one attached hydrogen (secondary N) is 1. The zero-order chi connectivity index (χ0) is 23.3. The van der Waals surface area contributed by atoms with Crippen molar-refractivity contribution in [1.82, 2.24) is 14.8 Å². The third-order valence-electron chi connectivity index (χ3n) is 6.29. The van der Waals surface area contributed by atoms with Crippen LogP contribution in [0.5, 0.6) is 11.5 Å². The Bertz CT molecular complexity index is 1280. The van der Waals surface area contributed by atoms with Gasteiger partial charge in [-0.3, -0.25) is 14.5 Å². The molecule has 2 aliphatic heterocycles. The molecule has 0 bridgehead atoms. The van der Waals surface area contributed by atoms with Gasteiger partial charge in [-0.15, -0.1) is 11.3 Å². The van der Waals surface area contributed by atoms with Gasteiger partial charge in [0.25, 0.3) is 5.91 Å². The van der Waals surface area contributed by atoms with E-state index in [9.17, 15) is 14.4 Å². The zero-order valence-electron chi connectivity index (χ0n) is 18.5. The first-order valence-electron chi connectivity index (χ1n) is 10.5. The van der Waals surface area contributed by atoms with Gasteiger partial charge >= 0.3 is 6.03 Å². The lowest BCUT2D eigenvalue weighted by Gasteiger charge is -2.22. The first kappa shape index (κ1) is 21.3. The maximum atomic E-state index is 13.3. The van der Waals surface area contributed by atoms with Crippen molar-refractivity contribution in [2.24, 2.45) is 0 Å². The van der Waals surface area contributed by atoms with E-state index >= 15 is 0 Å². The number of ketones is 1. The van der Waals surface area contributed by atoms with E-state index in [-0.39, 0.29) is 19.1 Å². The van der Waals surface area contributed by atoms with Crippen LogP contribution < -0.4 is 14.8 Å². The summed E-state index contributed by atoms with van der Waals surface area (Å²) >= 11 is 1.66. The SMILES string of the molecule is Cc1cc(C(=O)CN2C(=O)N[C@](C)(c3ccc4c(c3)OCO4)C2=O)c(C)n1Cc1cccs1. The molecule has 5 rings (SSSR count). The summed E-state index contributed by atoms with van der Waals surface area (Å²) in [7, 11) is 0. The van der Waals surface area contributed by atoms with Crippen molar-refractivity contribution < 1.29 is 23.9 Å². The average Bonchev–Trinajstić information content (AvgIpc) is 3.56. The molecule has 9 heteroatoms. The van der Waals surface area contributed by atoms with E-state index in [1.807, 2.05) is 31.4 Å². The van der Waals surface area contributed by atoms with Crippen molar-refractivity contribution in [3.05, 3.63) is 69.2 Å². The lowest BCUT2D eigenvalue weighted by atomic mass is 9.91. The van der Waals surface area contributed by atoms with Gasteiger partial charge in [0, 0.05) is 21.8 Å². The molecule has 2 aliphatic rings. The second kappa shape index (κ2) is 7.77. The van der Waals surface area contributed by atoms with Gasteiger partial charge in [-0.1, -0.05) is 12.1 Å². The van der Waals surface area contributed by atoms with Crippen LogP contribution in [0.4, 0.5) is 4.79 Å². The fourth-order valence-electron chi connectivity index (χ4n) is 4.36. The average molecular weight is 466 g/mol. The number of Topliss-reactive ketones (excluding diaryl/α,β-unsaturated/α-hetero) is 1. The summed E-state index contributed by atoms with van der Waals surface area (Å²) in [4.78, 5) is 41.3. The minimum absolute atomic E-state index is 0.112. The van der Waals surface area contributed by atoms with Crippen LogP contribution >= 0.6 is 11.3 Å². The lowest BCUT2D eigenvalue weighted by molar-refractivity contribution is -0.130. The molecule has 4 heterocycles. The second-order valence-corrected chi connectivity index (χ2v) is 9.42. The molecule has 33 heavy (non-hydrogen) atoms. The van der Waals surface area contributed by atoms with Crippen molar-refractivity contribution in [1.29, 1.82) is 0 Å². The molecule has 1 atom stereocenters. The van der Waals surface area contributed by atoms with Crippen LogP contribution in [0.1, 0.15) is 39.1 Å². The Labute approximate surface area is 194 Å². The summed E-state index contributed by atoms with van der Waals surface area (Å²) in [5.74, 6) is 0.346. The molecule has 1 aromatic carbocycles. The minimum Gasteiger partial charge on any atom is -0.454 e. The fourth-order valence-corrected chi connectivity index (χ4v) is 5.05. The molecular formula is C24H23N3O5S. The summed E-state index contributed by atoms with van der Waals surface area (Å²) in [5, 5.41) is 4.76. The Kier molecular flexibility index (Phi) is 5.01. The third-order valence-corrected chi connectivity index (χ3v) is 7.16. The molecule has 8 nitrogen and oxygen atoms in total. The van der Waals surface area contributed by atoms with E-state index in [1.165, 1.54) is 4.88 Å². The van der Waals surface area contributed by atoms with Crippen molar-refractivity contribution in [3.8, 4) is 11.5 Å². The number of thiophene rings is 1. The molecule has 2 aromatic heterocycles. The maximum Gasteiger partial charge on any atom is 0.325 e. The van der Waals surface area contributed by atoms with Crippen molar-refractivity contribution in [2.45, 2.75) is 32.9 Å². The quantitative estimate of drug-likeness (QED) is 0.444. The van der Waals surface area contributed by atoms with Gasteiger partial charge in [0.1, 0.15) is 5.54 Å². The molecule has 1 fully saturated rings. The summed E-state index contributed by atoms with van der Waals surface area (Å²) in [5.41, 5.74) is 1.55. The maximum absolute atomic E-state index is 13.3. The Morgan fingerprint density at radius 2 is 1.94 bits per heavy atom. The van der Waals surface area contributed by atoms with Crippen LogP contribution in [0.25, 0.3) is 0 Å². The Hall–Kier alpha value is -3.59. The number of fused-ring (bicyclic) bond motifs is 1. The van der Waals surface area contributed by atoms with Crippen LogP contribution in [-0.4, -0.2) is 40.5 Å². The number of amides is 3. The molecular weight excluding hydrogens is 442 g/mol. The van der Waals surface area contributed by atoms with E-state index in [1.54, 1.807) is 36.5 Å². The number of imide groups is 1. The predicted molar refractivity (Wildman–Crippen MR) is 122 cm³/mol. The summed E-state index contributed by atoms with van der Waals surface area (Å²) in [6.07, 6.45) is 0. The number of hydrogen-bond donors (Lipinski definition) is 1. The monoisotopic (exact) mass is 465 g/mol. The van der Waals surface area contributed by atoms with Crippen LogP contribution in [0.2, 0.25) is 0 Å². The van der Waals surface area contributed by atoms with Gasteiger partial charge < -0.3 is 19.4 Å². The second-order valence-electron chi connectivity index (χ2n) is 8.39. The van der Waals surface area contributed by atoms with Crippen molar-refractivity contribution in [3.63, 3.8) is 0 Å². The van der Waals surface area contributed by atoms with Gasteiger partial charge in [-0.2, -0.15) is 0 Å². The highest BCUT2D eigenvalue weighted by molar-refractivity contribution is 7.09. The summed E-state index contributed by atoms with van der Waals surface area (Å²) < 4.78 is 12.8. The number of benzene rings is 1. The number of carbonyl (C=O) groups is 3. The van der Waals surface area contributed by atoms with E-state index < -0.39 is 17.5 Å². The smallest absolute Gasteiger partial charge is 0.325 e. The van der Waals surface area contributed by atoms with Crippen molar-refractivity contribution >= 4 is 29.1 Å². The predicted octanol–water partition coefficient (Wildman–Crippen LogP) is 3.59. The molecule has 3 aromatic rings. The third kappa shape index (κ3) is 3.48. The first-order valence-corrected chi connectivity index (χ1v) is 11.4. The molecule has 0 aliphatic carbocycles. The van der Waals surface area contributed by atoms with Gasteiger partial charge in [-0.05, 0) is 56.0 Å². The molecule has 0 spiro atoms. The highest BCUT2D eigenvalue weighted by atomic mass is 32.1. The van der Waals surface area contributed by atoms with Crippen LogP contribution in [0.3, 0.4) is 0 Å². The molecule has 0 saturated carbocycles. The normalized spacial score (nSPS) is 19.3. The molecule has 1 saturated heterocycles. The van der Waals surface area contributed by atoms with E-state index in [4.69, 9.17) is 9.47 Å². The number of urea groups is 1. The first-order chi connectivity index (χ1) is 15.8. The number of nitrogens with zero attached hydrogens (tertiary/aromatic N) is 2. The number of carbonyl (C=O) groups excluding carboxylic acids is 3. The van der Waals surface area contributed by atoms with E-state index in [2.05, 4.69) is 16.0 Å². The van der Waals surface area contributed by atoms with Crippen LogP contribution in [-0.2, 0) is 16.9 Å². The van der Waals surface area contributed by atoms with Gasteiger partial charge in [0.05, 0.1) is 13.1 Å². The van der Waals surface area contributed by atoms with E-state index in [0.717, 1.165) is 16.3 Å². The van der Waals surface area contributed by atoms with Gasteiger partial charge in [0.15, 0.2) is 17.3 Å². The Morgan fingerprint density at radius 1 is 1.15 bits per heavy atom. The molecule has 170 valence electrons. The Morgan fingerprint density at radius 3 is 2.70 bits per heavy atom. The summed E-state index contributed by atoms with van der Waals surface area (Å²) in [6.45, 7) is 5.92. The lowest BCUT2D eigenvalue weighted by Crippen LogP contribution is -2.41. The zero-order valence-corrected chi connectivity index (χ0v) is 19.3. The Balaban J connectivity index is 1.37. The van der Waals surface area contributed by atoms with E-state index in [0.29, 0.717) is 29.2 Å². The fraction of sp³-hybridized carbons (Fsp3) is 0.292. The number of aromatic nitrogens is 1. The highest BCUT2D eigenvalue weighted by Gasteiger charge is 2.50. The molecule has 0 unspecified atom stereocenters. The largest absolute Gasteiger partial charge is 0.454 e. The van der Waals surface area contributed by atoms with Gasteiger partial charge in [0.2, 0.25) is 6.79 Å². The number of hydrogen-bond acceptors (Lipinski definition) is 6. The van der Waals surface area contributed by atoms with Gasteiger partial charge in [-0.25, -0.2) is 4.79 Å².